The molecule has 6 nitrogen and oxygen atoms in total. The lowest BCUT2D eigenvalue weighted by molar-refractivity contribution is -0.144. The van der Waals surface area contributed by atoms with E-state index in [0.29, 0.717) is 30.6 Å². The van der Waals surface area contributed by atoms with Crippen molar-refractivity contribution in [1.82, 2.24) is 9.88 Å². The summed E-state index contributed by atoms with van der Waals surface area (Å²) in [6.45, 7) is 10.4. The normalized spacial score (nSPS) is 20.9. The van der Waals surface area contributed by atoms with Crippen molar-refractivity contribution in [2.24, 2.45) is 17.6 Å². The summed E-state index contributed by atoms with van der Waals surface area (Å²) in [5.74, 6) is 0.509. The van der Waals surface area contributed by atoms with E-state index < -0.39 is 34.8 Å². The average molecular weight is 651 g/mol. The van der Waals surface area contributed by atoms with Crippen LogP contribution in [0, 0.1) is 11.8 Å². The zero-order valence-electron chi connectivity index (χ0n) is 25.5. The number of aliphatic hydroxyl groups is 1. The number of halogens is 6. The third-order valence-electron chi connectivity index (χ3n) is 8.37. The molecular formula is C32H41B2F6N3O3. The van der Waals surface area contributed by atoms with Gasteiger partial charge in [-0.25, -0.2) is 0 Å². The number of fused-ring (bicyclic) bond motifs is 3. The zero-order chi connectivity index (χ0) is 33.9. The summed E-state index contributed by atoms with van der Waals surface area (Å²) in [6, 6.07) is 5.16. The minimum absolute atomic E-state index is 0. The molecule has 0 spiro atoms. The Morgan fingerprint density at radius 2 is 1.78 bits per heavy atom. The van der Waals surface area contributed by atoms with E-state index >= 15 is 0 Å². The third-order valence-corrected chi connectivity index (χ3v) is 8.37. The van der Waals surface area contributed by atoms with E-state index in [2.05, 4.69) is 31.1 Å². The molecule has 1 aromatic carbocycles. The minimum Gasteiger partial charge on any atom is -0.481 e. The summed E-state index contributed by atoms with van der Waals surface area (Å²) in [7, 11) is 11.1. The second-order valence-corrected chi connectivity index (χ2v) is 11.4. The average Bonchev–Trinajstić information content (AvgIpc) is 3.38. The van der Waals surface area contributed by atoms with Gasteiger partial charge in [-0.3, -0.25) is 9.78 Å². The summed E-state index contributed by atoms with van der Waals surface area (Å²) in [4.78, 5) is 15.1. The maximum Gasteiger partial charge on any atom is 0.418 e. The molecule has 0 bridgehead atoms. The van der Waals surface area contributed by atoms with E-state index in [4.69, 9.17) is 20.4 Å². The molecule has 4 rings (SSSR count). The van der Waals surface area contributed by atoms with E-state index in [9.17, 15) is 36.2 Å². The predicted molar refractivity (Wildman–Crippen MR) is 166 cm³/mol. The van der Waals surface area contributed by atoms with Crippen LogP contribution in [-0.2, 0) is 23.6 Å². The molecule has 1 aliphatic heterocycles. The Morgan fingerprint density at radius 3 is 2.28 bits per heavy atom. The molecule has 0 saturated carbocycles. The summed E-state index contributed by atoms with van der Waals surface area (Å²) < 4.78 is 86.4. The SMILES string of the molecule is C.CCC(N)=O.[B]C([B])(O)Oc1cccc2c1C(CC)C(CCC)C1CCN(C(=C)Cc3ncc(C(F)(F)F)cc3C(F)(F)F)C21. The molecule has 4 atom stereocenters. The number of pyridine rings is 1. The maximum atomic E-state index is 13.8. The molecule has 1 saturated heterocycles. The van der Waals surface area contributed by atoms with Gasteiger partial charge in [-0.15, -0.1) is 0 Å². The van der Waals surface area contributed by atoms with Gasteiger partial charge in [0.25, 0.3) is 0 Å². The topological polar surface area (TPSA) is 88.7 Å². The van der Waals surface area contributed by atoms with Crippen molar-refractivity contribution in [1.29, 1.82) is 0 Å². The molecule has 2 aliphatic rings. The fourth-order valence-electron chi connectivity index (χ4n) is 6.60. The number of allylic oxidation sites excluding steroid dienone is 1. The lowest BCUT2D eigenvalue weighted by atomic mass is 9.64. The van der Waals surface area contributed by atoms with Crippen LogP contribution < -0.4 is 10.5 Å². The van der Waals surface area contributed by atoms with Gasteiger partial charge in [-0.1, -0.05) is 53.3 Å². The van der Waals surface area contributed by atoms with Crippen molar-refractivity contribution < 1.29 is 41.0 Å². The third kappa shape index (κ3) is 9.01. The van der Waals surface area contributed by atoms with Crippen LogP contribution in [0.5, 0.6) is 5.75 Å². The monoisotopic (exact) mass is 651 g/mol. The lowest BCUT2D eigenvalue weighted by Gasteiger charge is -2.45. The highest BCUT2D eigenvalue weighted by molar-refractivity contribution is 6.37. The van der Waals surface area contributed by atoms with Gasteiger partial charge >= 0.3 is 12.4 Å². The molecule has 1 aliphatic carbocycles. The van der Waals surface area contributed by atoms with E-state index in [-0.39, 0.29) is 49.6 Å². The van der Waals surface area contributed by atoms with Crippen molar-refractivity contribution in [2.45, 2.75) is 96.6 Å². The van der Waals surface area contributed by atoms with Crippen molar-refractivity contribution >= 4 is 21.6 Å². The van der Waals surface area contributed by atoms with Crippen LogP contribution >= 0.6 is 0 Å². The summed E-state index contributed by atoms with van der Waals surface area (Å²) in [6.07, 6.45) is -6.15. The first-order chi connectivity index (χ1) is 20.8. The quantitative estimate of drug-likeness (QED) is 0.173. The molecule has 46 heavy (non-hydrogen) atoms. The summed E-state index contributed by atoms with van der Waals surface area (Å²) in [5, 5.41) is 9.99. The van der Waals surface area contributed by atoms with E-state index in [1.807, 2.05) is 11.0 Å². The van der Waals surface area contributed by atoms with Gasteiger partial charge in [0.1, 0.15) is 11.3 Å². The Morgan fingerprint density at radius 1 is 1.15 bits per heavy atom. The van der Waals surface area contributed by atoms with Crippen molar-refractivity contribution in [3.8, 4) is 5.75 Å². The second kappa shape index (κ2) is 15.2. The number of benzene rings is 1. The number of aromatic nitrogens is 1. The molecule has 1 fully saturated rings. The number of alkyl halides is 6. The van der Waals surface area contributed by atoms with Crippen molar-refractivity contribution in [2.75, 3.05) is 6.54 Å². The molecule has 1 amide bonds. The summed E-state index contributed by atoms with van der Waals surface area (Å²) in [5.41, 5.74) is 0.863. The van der Waals surface area contributed by atoms with Crippen LogP contribution in [0.3, 0.4) is 0 Å². The second-order valence-electron chi connectivity index (χ2n) is 11.4. The van der Waals surface area contributed by atoms with Gasteiger partial charge < -0.3 is 20.5 Å². The van der Waals surface area contributed by atoms with Crippen molar-refractivity contribution in [3.63, 3.8) is 0 Å². The number of hydrogen-bond acceptors (Lipinski definition) is 5. The van der Waals surface area contributed by atoms with Crippen LogP contribution in [0.4, 0.5) is 26.3 Å². The van der Waals surface area contributed by atoms with Crippen molar-refractivity contribution in [3.05, 3.63) is 70.7 Å². The van der Waals surface area contributed by atoms with Gasteiger partial charge in [0, 0.05) is 36.8 Å². The number of nitrogens with zero attached hydrogens (tertiary/aromatic N) is 2. The molecule has 2 heterocycles. The number of primary amides is 1. The molecule has 3 N–H and O–H groups in total. The number of ether oxygens (including phenoxy) is 1. The van der Waals surface area contributed by atoms with Gasteiger partial charge in [0.2, 0.25) is 5.91 Å². The zero-order valence-corrected chi connectivity index (χ0v) is 25.5. The van der Waals surface area contributed by atoms with Crippen LogP contribution in [0.25, 0.3) is 0 Å². The number of nitrogens with two attached hydrogens (primary N) is 1. The van der Waals surface area contributed by atoms with Crippen LogP contribution in [0.1, 0.15) is 100 Å². The predicted octanol–water partition coefficient (Wildman–Crippen LogP) is 7.00. The molecule has 1 aromatic heterocycles. The van der Waals surface area contributed by atoms with Crippen LogP contribution in [-0.4, -0.2) is 48.7 Å². The van der Waals surface area contributed by atoms with Crippen LogP contribution in [0.15, 0.2) is 42.7 Å². The number of carbonyl (C=O) groups is 1. The number of hydrogen-bond donors (Lipinski definition) is 2. The number of carbonyl (C=O) groups excluding carboxylic acids is 1. The minimum atomic E-state index is -5.02. The van der Waals surface area contributed by atoms with Gasteiger partial charge in [-0.05, 0) is 54.7 Å². The van der Waals surface area contributed by atoms with E-state index in [1.54, 1.807) is 19.1 Å². The largest absolute Gasteiger partial charge is 0.481 e. The highest BCUT2D eigenvalue weighted by Gasteiger charge is 2.49. The lowest BCUT2D eigenvalue weighted by Crippen LogP contribution is -2.39. The molecule has 250 valence electrons. The van der Waals surface area contributed by atoms with Gasteiger partial charge in [-0.2, -0.15) is 26.3 Å². The maximum absolute atomic E-state index is 13.8. The smallest absolute Gasteiger partial charge is 0.418 e. The van der Waals surface area contributed by atoms with Gasteiger partial charge in [0.15, 0.2) is 15.7 Å². The first-order valence-electron chi connectivity index (χ1n) is 14.8. The Labute approximate surface area is 269 Å². The molecule has 4 unspecified atom stereocenters. The van der Waals surface area contributed by atoms with Crippen LogP contribution in [0.2, 0.25) is 0 Å². The Hall–Kier alpha value is -3.15. The highest BCUT2D eigenvalue weighted by Crippen LogP contribution is 2.57. The highest BCUT2D eigenvalue weighted by atomic mass is 19.4. The van der Waals surface area contributed by atoms with E-state index in [1.165, 1.54) is 0 Å². The molecular weight excluding hydrogens is 610 g/mol. The fourth-order valence-corrected chi connectivity index (χ4v) is 6.60. The first-order valence-corrected chi connectivity index (χ1v) is 14.8. The molecule has 4 radical (unpaired) electrons. The Bertz CT molecular complexity index is 1360. The number of rotatable bonds is 9. The fraction of sp³-hybridized carbons (Fsp3) is 0.562. The van der Waals surface area contributed by atoms with Gasteiger partial charge in [0.05, 0.1) is 22.9 Å². The van der Waals surface area contributed by atoms with E-state index in [0.717, 1.165) is 36.8 Å². The summed E-state index contributed by atoms with van der Waals surface area (Å²) >= 11 is 0. The molecule has 2 aromatic rings. The number of amides is 1. The number of likely N-dealkylation sites (tertiary alicyclic amines) is 1. The first kappa shape index (κ1) is 39.0. The standard InChI is InChI=1S/C28H30B2F6N2O2.C3H7NO.CH4/c1-4-7-18-17(5-2)24-20(8-6-9-23(24)40-28(29,30)39)25-19(18)10-11-38(25)15(3)12-22-21(27(34,35)36)13-16(14-37-22)26(31,32)33;1-2-3(4)5;/h6,8-9,13-14,17-19,25,39H,3-5,7,10-12H2,1-2H3;2H2,1H3,(H2,4,5);1H4. The molecule has 14 heteroatoms. The Balaban J connectivity index is 0.00000114. The Kier molecular flexibility index (Phi) is 12.9.